The molecule has 0 spiro atoms. The molecule has 12 heteroatoms. The molecule has 0 saturated heterocycles. The van der Waals surface area contributed by atoms with E-state index in [1.165, 1.54) is 18.1 Å². The molecular formula is C38H36BrN3O7S. The third kappa shape index (κ3) is 9.70. The number of nitrogens with one attached hydrogen (secondary N) is 1. The number of nitrogens with zero attached hydrogens (tertiary/aromatic N) is 2. The first-order chi connectivity index (χ1) is 24.2. The van der Waals surface area contributed by atoms with Crippen molar-refractivity contribution in [1.82, 2.24) is 10.2 Å². The Morgan fingerprint density at radius 3 is 2.24 bits per heavy atom. The van der Waals surface area contributed by atoms with Crippen LogP contribution in [0.4, 0.5) is 0 Å². The Kier molecular flexibility index (Phi) is 13.9. The Hall–Kier alpha value is -5.20. The van der Waals surface area contributed by atoms with Crippen LogP contribution in [0.3, 0.4) is 0 Å². The molecule has 0 aromatic heterocycles. The van der Waals surface area contributed by atoms with Gasteiger partial charge in [-0.25, -0.2) is 4.79 Å². The van der Waals surface area contributed by atoms with Gasteiger partial charge in [0.15, 0.2) is 23.3 Å². The van der Waals surface area contributed by atoms with Crippen molar-refractivity contribution in [2.75, 3.05) is 26.1 Å². The maximum atomic E-state index is 14.1. The van der Waals surface area contributed by atoms with Crippen molar-refractivity contribution in [2.24, 2.45) is 4.99 Å². The average molecular weight is 759 g/mol. The summed E-state index contributed by atoms with van der Waals surface area (Å²) in [5.41, 5.74) is 2.44. The SMILES string of the molecule is C=C/C=C\C(=C/C)N1C(=O)/C(=C/c2cc(OCC)c(OCC(=O)OC)cc2Br)C(=O)N=C1SCC(=O)NC(c1ccccc1)c1ccccc1. The summed E-state index contributed by atoms with van der Waals surface area (Å²) >= 11 is 4.44. The molecule has 0 fully saturated rings. The second-order valence-corrected chi connectivity index (χ2v) is 12.2. The predicted octanol–water partition coefficient (Wildman–Crippen LogP) is 6.79. The van der Waals surface area contributed by atoms with E-state index >= 15 is 0 Å². The van der Waals surface area contributed by atoms with Gasteiger partial charge in [-0.15, -0.1) is 0 Å². The van der Waals surface area contributed by atoms with Crippen LogP contribution >= 0.6 is 27.7 Å². The normalized spacial score (nSPS) is 14.2. The summed E-state index contributed by atoms with van der Waals surface area (Å²) in [6.45, 7) is 7.18. The van der Waals surface area contributed by atoms with Gasteiger partial charge in [0.25, 0.3) is 11.8 Å². The van der Waals surface area contributed by atoms with Crippen molar-refractivity contribution in [3.8, 4) is 11.5 Å². The number of hydrogen-bond acceptors (Lipinski definition) is 8. The molecule has 1 aliphatic heterocycles. The van der Waals surface area contributed by atoms with E-state index in [-0.39, 0.29) is 47.1 Å². The minimum Gasteiger partial charge on any atom is -0.490 e. The highest BCUT2D eigenvalue weighted by molar-refractivity contribution is 9.10. The maximum absolute atomic E-state index is 14.1. The lowest BCUT2D eigenvalue weighted by molar-refractivity contribution is -0.143. The first-order valence-electron chi connectivity index (χ1n) is 15.5. The lowest BCUT2D eigenvalue weighted by Crippen LogP contribution is -2.42. The van der Waals surface area contributed by atoms with E-state index in [9.17, 15) is 19.2 Å². The molecule has 0 aliphatic carbocycles. The van der Waals surface area contributed by atoms with E-state index in [0.717, 1.165) is 22.9 Å². The summed E-state index contributed by atoms with van der Waals surface area (Å²) < 4.78 is 16.4. The van der Waals surface area contributed by atoms with Crippen molar-refractivity contribution >= 4 is 62.6 Å². The molecule has 0 radical (unpaired) electrons. The Labute approximate surface area is 303 Å². The zero-order valence-electron chi connectivity index (χ0n) is 27.8. The number of rotatable bonds is 14. The molecule has 0 atom stereocenters. The minimum atomic E-state index is -0.778. The average Bonchev–Trinajstić information content (AvgIpc) is 3.13. The smallest absolute Gasteiger partial charge is 0.343 e. The number of carbonyl (C=O) groups is 4. The van der Waals surface area contributed by atoms with E-state index < -0.39 is 23.8 Å². The van der Waals surface area contributed by atoms with E-state index in [4.69, 9.17) is 9.47 Å². The van der Waals surface area contributed by atoms with Gasteiger partial charge < -0.3 is 19.5 Å². The predicted molar refractivity (Wildman–Crippen MR) is 199 cm³/mol. The quantitative estimate of drug-likeness (QED) is 0.0826. The Balaban J connectivity index is 1.65. The minimum absolute atomic E-state index is 0.0470. The number of benzene rings is 3. The van der Waals surface area contributed by atoms with Crippen molar-refractivity contribution in [3.05, 3.63) is 136 Å². The van der Waals surface area contributed by atoms with Crippen LogP contribution in [0.1, 0.15) is 36.6 Å². The highest BCUT2D eigenvalue weighted by atomic mass is 79.9. The number of amidine groups is 1. The van der Waals surface area contributed by atoms with Crippen LogP contribution in [0.2, 0.25) is 0 Å². The van der Waals surface area contributed by atoms with Crippen molar-refractivity contribution in [3.63, 3.8) is 0 Å². The van der Waals surface area contributed by atoms with E-state index in [1.807, 2.05) is 60.7 Å². The zero-order valence-corrected chi connectivity index (χ0v) is 30.2. The standard InChI is InChI=1S/C38H36BrN3O7S/c1-5-8-19-28(6-2)42-37(46)29(20-27-21-31(48-7-3)32(22-30(27)39)49-23-34(44)47-4)36(45)41-38(42)50-24-33(43)40-35(25-15-11-9-12-16-25)26-17-13-10-14-18-26/h5-6,8-22,35H,1,7,23-24H2,2-4H3,(H,40,43)/b19-8-,28-6+,29-20+. The molecule has 3 aromatic carbocycles. The molecule has 1 N–H and O–H groups in total. The lowest BCUT2D eigenvalue weighted by Gasteiger charge is -2.28. The number of ether oxygens (including phenoxy) is 3. The molecule has 1 aliphatic rings. The van der Waals surface area contributed by atoms with Gasteiger partial charge in [-0.1, -0.05) is 113 Å². The third-order valence-electron chi connectivity index (χ3n) is 7.15. The van der Waals surface area contributed by atoms with Gasteiger partial charge in [0.05, 0.1) is 25.5 Å². The van der Waals surface area contributed by atoms with E-state index in [0.29, 0.717) is 15.7 Å². The van der Waals surface area contributed by atoms with Crippen LogP contribution in [0.25, 0.3) is 6.08 Å². The summed E-state index contributed by atoms with van der Waals surface area (Å²) in [6, 6.07) is 21.9. The van der Waals surface area contributed by atoms with Crippen LogP contribution in [-0.4, -0.2) is 59.8 Å². The van der Waals surface area contributed by atoms with Gasteiger partial charge in [0, 0.05) is 10.2 Å². The highest BCUT2D eigenvalue weighted by Crippen LogP contribution is 2.36. The van der Waals surface area contributed by atoms with Crippen LogP contribution in [0.5, 0.6) is 11.5 Å². The van der Waals surface area contributed by atoms with E-state index in [1.54, 1.807) is 50.3 Å². The van der Waals surface area contributed by atoms with Crippen molar-refractivity contribution in [1.29, 1.82) is 0 Å². The number of hydrogen-bond donors (Lipinski definition) is 1. The van der Waals surface area contributed by atoms with Crippen LogP contribution < -0.4 is 14.8 Å². The summed E-state index contributed by atoms with van der Waals surface area (Å²) in [6.07, 6.45) is 7.96. The van der Waals surface area contributed by atoms with E-state index in [2.05, 4.69) is 37.6 Å². The number of aliphatic imine (C=N–C) groups is 1. The monoisotopic (exact) mass is 757 g/mol. The van der Waals surface area contributed by atoms with Crippen LogP contribution in [-0.2, 0) is 23.9 Å². The fraction of sp³-hybridized carbons (Fsp3) is 0.184. The summed E-state index contributed by atoms with van der Waals surface area (Å²) in [5, 5.41) is 3.13. The zero-order chi connectivity index (χ0) is 36.0. The molecule has 50 heavy (non-hydrogen) atoms. The van der Waals surface area contributed by atoms with Crippen LogP contribution in [0.15, 0.2) is 124 Å². The molecular weight excluding hydrogens is 722 g/mol. The Morgan fingerprint density at radius 2 is 1.66 bits per heavy atom. The van der Waals surface area contributed by atoms with Gasteiger partial charge in [-0.2, -0.15) is 4.99 Å². The number of methoxy groups -OCH3 is 1. The Morgan fingerprint density at radius 1 is 1.02 bits per heavy atom. The fourth-order valence-electron chi connectivity index (χ4n) is 4.79. The number of allylic oxidation sites excluding steroid dienone is 4. The molecule has 258 valence electrons. The van der Waals surface area contributed by atoms with Crippen molar-refractivity contribution in [2.45, 2.75) is 19.9 Å². The Bertz CT molecular complexity index is 1820. The van der Waals surface area contributed by atoms with Gasteiger partial charge in [0.1, 0.15) is 5.57 Å². The lowest BCUT2D eigenvalue weighted by atomic mass is 9.99. The van der Waals surface area contributed by atoms with Gasteiger partial charge in [-0.3, -0.25) is 19.3 Å². The largest absolute Gasteiger partial charge is 0.490 e. The molecule has 0 unspecified atom stereocenters. The third-order valence-corrected chi connectivity index (χ3v) is 8.77. The fourth-order valence-corrected chi connectivity index (χ4v) is 6.03. The molecule has 0 bridgehead atoms. The van der Waals surface area contributed by atoms with Gasteiger partial charge >= 0.3 is 5.97 Å². The first kappa shape index (κ1) is 37.6. The topological polar surface area (TPSA) is 124 Å². The maximum Gasteiger partial charge on any atom is 0.343 e. The molecule has 4 rings (SSSR count). The van der Waals surface area contributed by atoms with Gasteiger partial charge in [0.2, 0.25) is 5.91 Å². The molecule has 10 nitrogen and oxygen atoms in total. The molecule has 0 saturated carbocycles. The number of halogens is 1. The highest BCUT2D eigenvalue weighted by Gasteiger charge is 2.35. The second-order valence-electron chi connectivity index (χ2n) is 10.4. The molecule has 3 aromatic rings. The summed E-state index contributed by atoms with van der Waals surface area (Å²) in [7, 11) is 1.25. The molecule has 3 amide bonds. The first-order valence-corrected chi connectivity index (χ1v) is 17.3. The number of thioether (sulfide) groups is 1. The summed E-state index contributed by atoms with van der Waals surface area (Å²) in [4.78, 5) is 58.2. The second kappa shape index (κ2) is 18.5. The number of carbonyl (C=O) groups excluding carboxylic acids is 4. The van der Waals surface area contributed by atoms with Gasteiger partial charge in [-0.05, 0) is 54.8 Å². The van der Waals surface area contributed by atoms with Crippen molar-refractivity contribution < 1.29 is 33.4 Å². The van der Waals surface area contributed by atoms with Crippen LogP contribution in [0, 0.1) is 0 Å². The molecule has 1 heterocycles. The number of esters is 1. The summed E-state index contributed by atoms with van der Waals surface area (Å²) in [5.74, 6) is -1.88. The number of amides is 3.